The van der Waals surface area contributed by atoms with Gasteiger partial charge >= 0.3 is 0 Å². The van der Waals surface area contributed by atoms with E-state index in [1.807, 2.05) is 0 Å². The van der Waals surface area contributed by atoms with Gasteiger partial charge in [-0.3, -0.25) is 38.4 Å². The number of phenolic OH excluding ortho intramolecular Hbond substituents is 2. The number of hydrogen-bond acceptors (Lipinski definition) is 23. The molecule has 10 aliphatic rings. The average Bonchev–Trinajstić information content (AvgIpc) is 0.760. The molecule has 33 heteroatoms. The summed E-state index contributed by atoms with van der Waals surface area (Å²) in [7, 11) is 1.51. The fourth-order valence-corrected chi connectivity index (χ4v) is 15.6. The number of benzene rings is 5. The molecule has 0 aromatic heterocycles. The van der Waals surface area contributed by atoms with Crippen LogP contribution < -0.4 is 72.9 Å². The first-order valence-corrected chi connectivity index (χ1v) is 34.6. The van der Waals surface area contributed by atoms with Gasteiger partial charge < -0.3 is 119 Å². The van der Waals surface area contributed by atoms with Crippen molar-refractivity contribution in [2.45, 2.75) is 150 Å². The number of carbonyl (C=O) groups excluding carboxylic acids is 8. The lowest BCUT2D eigenvalue weighted by atomic mass is 9.54. The Morgan fingerprint density at radius 1 is 0.663 bits per heavy atom. The standard InChI is InChI=1S/C71H80Cl2N10O21/c1-26(2)11-41(74)64(93)82-56-58(88)31-6-9-45(39(72)18-31)101-47-20-35-21-48(63(47)104-71-62(92)61(91)60(90)49(25-84)103-71)102-46-10-7-32(19-40(46)73)59(89)57-70(99)81-55(68(97)78-52-33-13-28-12-29(15-33)16-34(52)14-28)38-22-36(100-27(3)76-4)23-44(86)51(38)37-17-30(5-8-43(37)85)53(66(95)83-57)80-67(96)54(35)79-65(94)42(24-50(75)87)77-69(56)98/h5-10,17-23,26,28-29,33-34,41-42,49,52-62,71,76,84-86,88-92H,3,11-16,24-25,74H2,1-2,4H3,(H2,75,87)(H,77,98)(H,78,97)(H,79,94)(H,80,96)(H,81,99)(H,82,93)(H,83,95)/t28?,29?,33?,34?,41-,42+,49?,52?,53-,54-,55+,56-,57+,58-,59-,60?,61?,62?,71?/m1/s1. The van der Waals surface area contributed by atoms with E-state index in [1.54, 1.807) is 13.8 Å². The molecule has 0 spiro atoms. The summed E-state index contributed by atoms with van der Waals surface area (Å²) >= 11 is 14.1. The van der Waals surface area contributed by atoms with Crippen LogP contribution in [0.2, 0.25) is 10.0 Å². The Morgan fingerprint density at radius 2 is 1.26 bits per heavy atom. The summed E-state index contributed by atoms with van der Waals surface area (Å²) < 4.78 is 31.1. The third-order valence-corrected chi connectivity index (χ3v) is 20.7. The first kappa shape index (κ1) is 74.2. The maximum Gasteiger partial charge on any atom is 0.248 e. The molecular weight excluding hydrogens is 1400 g/mol. The monoisotopic (exact) mass is 1480 g/mol. The van der Waals surface area contributed by atoms with Gasteiger partial charge in [0.2, 0.25) is 59.3 Å². The largest absolute Gasteiger partial charge is 0.507 e. The van der Waals surface area contributed by atoms with E-state index in [0.717, 1.165) is 68.5 Å². The highest BCUT2D eigenvalue weighted by molar-refractivity contribution is 6.32. The molecule has 15 rings (SSSR count). The molecule has 6 heterocycles. The summed E-state index contributed by atoms with van der Waals surface area (Å²) in [6.45, 7) is 6.45. The molecular formula is C71H80Cl2N10O21. The minimum atomic E-state index is -2.30. The number of amides is 8. The Bertz CT molecular complexity index is 4230. The van der Waals surface area contributed by atoms with E-state index in [9.17, 15) is 55.2 Å². The second-order valence-corrected chi connectivity index (χ2v) is 28.6. The Morgan fingerprint density at radius 3 is 1.86 bits per heavy atom. The topological polar surface area (TPSA) is 493 Å². The van der Waals surface area contributed by atoms with Crippen molar-refractivity contribution in [3.63, 3.8) is 0 Å². The Labute approximate surface area is 604 Å². The van der Waals surface area contributed by atoms with Crippen LogP contribution >= 0.6 is 23.2 Å². The lowest BCUT2D eigenvalue weighted by Crippen LogP contribution is -2.60. The fraction of sp³-hybridized carbons (Fsp3) is 0.437. The van der Waals surface area contributed by atoms with E-state index in [0.29, 0.717) is 11.8 Å². The van der Waals surface area contributed by atoms with Crippen LogP contribution in [0.25, 0.3) is 11.1 Å². The molecule has 20 N–H and O–H groups in total. The highest BCUT2D eigenvalue weighted by atomic mass is 35.5. The van der Waals surface area contributed by atoms with Crippen molar-refractivity contribution in [2.24, 2.45) is 41.1 Å². The predicted molar refractivity (Wildman–Crippen MR) is 367 cm³/mol. The first-order chi connectivity index (χ1) is 49.4. The fourth-order valence-electron chi connectivity index (χ4n) is 15.2. The van der Waals surface area contributed by atoms with Gasteiger partial charge in [-0.25, -0.2) is 0 Å². The third-order valence-electron chi connectivity index (χ3n) is 20.1. The van der Waals surface area contributed by atoms with Gasteiger partial charge in [0, 0.05) is 30.3 Å². The molecule has 6 aliphatic heterocycles. The van der Waals surface area contributed by atoms with Gasteiger partial charge in [-0.2, -0.15) is 0 Å². The van der Waals surface area contributed by atoms with Crippen LogP contribution in [0.5, 0.6) is 46.0 Å². The molecule has 8 amide bonds. The quantitative estimate of drug-likeness (QED) is 0.0705. The molecule has 1 saturated heterocycles. The summed E-state index contributed by atoms with van der Waals surface area (Å²) in [4.78, 5) is 120. The van der Waals surface area contributed by atoms with E-state index in [-0.39, 0.29) is 96.8 Å². The average molecular weight is 1480 g/mol. The SMILES string of the molecule is C=C(NC)Oc1cc(O)c2c(c1)[C@@H](C(=O)NC1C3CC4CC(C3)CC1C4)NC(=O)[C@H]1NC(=O)[C@H](NC(=O)[C@@H]3NC(=O)[C@H](CC(N)=O)NC(=O)[C@H](NC(=O)[C@H](N)CC(C)C)[C@H](O)c4ccc(c(Cl)c4)Oc4cc3cc(c4OC3OC(CO)C(O)C(O)C3O)Oc3ccc(cc3Cl)[C@H]1O)c1ccc(O)c-2c1. The normalized spacial score (nSPS) is 29.6. The molecule has 5 unspecified atom stereocenters. The summed E-state index contributed by atoms with van der Waals surface area (Å²) in [5, 5.41) is 113. The minimum absolute atomic E-state index is 0.0270. The number of aromatic hydroxyl groups is 2. The zero-order valence-electron chi connectivity index (χ0n) is 56.2. The number of nitrogens with two attached hydrogens (primary N) is 2. The number of carbonyl (C=O) groups is 8. The van der Waals surface area contributed by atoms with E-state index in [4.69, 9.17) is 58.4 Å². The Kier molecular flexibility index (Phi) is 21.6. The predicted octanol–water partition coefficient (Wildman–Crippen LogP) is 1.83. The maximum absolute atomic E-state index is 16.1. The van der Waals surface area contributed by atoms with E-state index in [1.165, 1.54) is 49.5 Å². The maximum atomic E-state index is 16.1. The van der Waals surface area contributed by atoms with Crippen molar-refractivity contribution >= 4 is 70.5 Å². The van der Waals surface area contributed by atoms with Gasteiger partial charge in [-0.15, -0.1) is 0 Å². The summed E-state index contributed by atoms with van der Waals surface area (Å²) in [5.74, 6) is -12.5. The zero-order chi connectivity index (χ0) is 74.6. The second-order valence-electron chi connectivity index (χ2n) is 27.8. The van der Waals surface area contributed by atoms with E-state index < -0.39 is 180 Å². The summed E-state index contributed by atoms with van der Waals surface area (Å²) in [5.41, 5.74) is 10.2. The molecule has 5 fully saturated rings. The van der Waals surface area contributed by atoms with Crippen molar-refractivity contribution in [2.75, 3.05) is 13.7 Å². The van der Waals surface area contributed by atoms with Crippen LogP contribution in [0.1, 0.15) is 117 Å². The number of phenols is 2. The summed E-state index contributed by atoms with van der Waals surface area (Å²) in [6, 6.07) is 0.806. The van der Waals surface area contributed by atoms with Gasteiger partial charge in [0.1, 0.15) is 102 Å². The molecule has 554 valence electrons. The second kappa shape index (κ2) is 30.3. The highest BCUT2D eigenvalue weighted by Crippen LogP contribution is 2.55. The van der Waals surface area contributed by atoms with Crippen molar-refractivity contribution in [1.82, 2.24) is 42.5 Å². The van der Waals surface area contributed by atoms with E-state index in [2.05, 4.69) is 49.1 Å². The van der Waals surface area contributed by atoms with Gasteiger partial charge in [-0.1, -0.05) is 55.2 Å². The Balaban J connectivity index is 1.07. The van der Waals surface area contributed by atoms with Gasteiger partial charge in [0.15, 0.2) is 17.4 Å². The van der Waals surface area contributed by atoms with Crippen LogP contribution in [0.15, 0.2) is 91.3 Å². The smallest absolute Gasteiger partial charge is 0.248 e. The van der Waals surface area contributed by atoms with Crippen LogP contribution in [0.4, 0.5) is 0 Å². The first-order valence-electron chi connectivity index (χ1n) is 33.8. The molecule has 5 aromatic carbocycles. The lowest BCUT2D eigenvalue weighted by molar-refractivity contribution is -0.277. The number of aliphatic hydroxyl groups is 6. The molecule has 4 saturated carbocycles. The molecule has 31 nitrogen and oxygen atoms in total. The minimum Gasteiger partial charge on any atom is -0.507 e. The Hall–Kier alpha value is -9.54. The molecule has 14 atom stereocenters. The number of hydrogen-bond donors (Lipinski definition) is 18. The molecule has 4 aliphatic carbocycles. The van der Waals surface area contributed by atoms with Crippen LogP contribution in [-0.2, 0) is 43.1 Å². The number of aliphatic hydroxyl groups excluding tert-OH is 6. The number of halogens is 2. The van der Waals surface area contributed by atoms with Crippen molar-refractivity contribution < 1.29 is 103 Å². The third kappa shape index (κ3) is 15.2. The number of ether oxygens (including phenoxy) is 5. The zero-order valence-corrected chi connectivity index (χ0v) is 57.7. The van der Waals surface area contributed by atoms with Gasteiger partial charge in [0.05, 0.1) is 29.1 Å². The number of rotatable bonds is 14. The van der Waals surface area contributed by atoms with Crippen LogP contribution in [0.3, 0.4) is 0 Å². The molecule has 104 heavy (non-hydrogen) atoms. The number of nitrogens with one attached hydrogen (secondary N) is 8. The number of fused-ring (bicyclic) bond motifs is 15. The van der Waals surface area contributed by atoms with Crippen molar-refractivity contribution in [1.29, 1.82) is 0 Å². The van der Waals surface area contributed by atoms with Crippen molar-refractivity contribution in [3.8, 4) is 57.1 Å². The van der Waals surface area contributed by atoms with Gasteiger partial charge in [0.25, 0.3) is 0 Å². The highest BCUT2D eigenvalue weighted by Gasteiger charge is 2.51. The van der Waals surface area contributed by atoms with Gasteiger partial charge in [-0.05, 0) is 157 Å². The summed E-state index contributed by atoms with van der Waals surface area (Å²) in [6.07, 6.45) is -10.4. The van der Waals surface area contributed by atoms with E-state index >= 15 is 24.0 Å². The molecule has 0 radical (unpaired) electrons. The molecule has 5 aromatic rings. The van der Waals surface area contributed by atoms with Crippen molar-refractivity contribution in [3.05, 3.63) is 129 Å². The van der Waals surface area contributed by atoms with Crippen LogP contribution in [-0.4, -0.2) is 163 Å². The lowest BCUT2D eigenvalue weighted by Gasteiger charge is -2.54. The van der Waals surface area contributed by atoms with Crippen LogP contribution in [0, 0.1) is 29.6 Å². The molecule has 15 bridgehead atoms. The number of primary amides is 1.